The molecule has 0 unspecified atom stereocenters. The first-order valence-electron chi connectivity index (χ1n) is 7.77. The van der Waals surface area contributed by atoms with Gasteiger partial charge in [0.25, 0.3) is 5.91 Å². The molecule has 0 spiro atoms. The van der Waals surface area contributed by atoms with Crippen LogP contribution in [0.1, 0.15) is 44.0 Å². The van der Waals surface area contributed by atoms with Crippen LogP contribution in [0.15, 0.2) is 12.4 Å². The van der Waals surface area contributed by atoms with Gasteiger partial charge in [-0.15, -0.1) is 0 Å². The smallest absolute Gasteiger partial charge is 0.257 e. The van der Waals surface area contributed by atoms with Crippen molar-refractivity contribution in [1.82, 2.24) is 19.0 Å². The summed E-state index contributed by atoms with van der Waals surface area (Å²) in [5.74, 6) is -0.0408. The van der Waals surface area contributed by atoms with Crippen LogP contribution < -0.4 is 0 Å². The lowest BCUT2D eigenvalue weighted by molar-refractivity contribution is 0.0686. The minimum absolute atomic E-state index is 0.0358. The Bertz CT molecular complexity index is 667. The number of piperidine rings is 1. The Balaban J connectivity index is 2.00. The van der Waals surface area contributed by atoms with Gasteiger partial charge in [0.2, 0.25) is 10.0 Å². The van der Waals surface area contributed by atoms with E-state index >= 15 is 0 Å². The molecule has 1 saturated heterocycles. The van der Waals surface area contributed by atoms with Crippen LogP contribution >= 0.6 is 0 Å². The Kier molecular flexibility index (Phi) is 4.86. The highest BCUT2D eigenvalue weighted by molar-refractivity contribution is 7.88. The minimum atomic E-state index is -3.19. The molecule has 1 aliphatic rings. The molecule has 0 N–H and O–H groups in total. The van der Waals surface area contributed by atoms with Gasteiger partial charge in [0.05, 0.1) is 23.6 Å². The molecule has 1 aromatic heterocycles. The lowest BCUT2D eigenvalue weighted by atomic mass is 10.0. The van der Waals surface area contributed by atoms with E-state index in [-0.39, 0.29) is 17.5 Å². The SMILES string of the molecule is CN(C1CCN(C(=O)c2cnn(C(C)(C)C)c2)CC1)S(C)(=O)=O. The first-order chi connectivity index (χ1) is 10.5. The zero-order chi connectivity index (χ0) is 17.4. The fourth-order valence-electron chi connectivity index (χ4n) is 2.69. The molecule has 2 heterocycles. The predicted molar refractivity (Wildman–Crippen MR) is 88.8 cm³/mol. The maximum Gasteiger partial charge on any atom is 0.257 e. The van der Waals surface area contributed by atoms with Crippen molar-refractivity contribution in [1.29, 1.82) is 0 Å². The van der Waals surface area contributed by atoms with Crippen LogP contribution in [0.25, 0.3) is 0 Å². The second kappa shape index (κ2) is 6.24. The summed E-state index contributed by atoms with van der Waals surface area (Å²) in [5, 5.41) is 4.26. The van der Waals surface area contributed by atoms with E-state index in [9.17, 15) is 13.2 Å². The van der Waals surface area contributed by atoms with E-state index in [4.69, 9.17) is 0 Å². The third-order valence-electron chi connectivity index (χ3n) is 4.31. The molecular weight excluding hydrogens is 316 g/mol. The molecule has 130 valence electrons. The van der Waals surface area contributed by atoms with Crippen LogP contribution in [0.3, 0.4) is 0 Å². The summed E-state index contributed by atoms with van der Waals surface area (Å²) >= 11 is 0. The third-order valence-corrected chi connectivity index (χ3v) is 5.65. The number of likely N-dealkylation sites (tertiary alicyclic amines) is 1. The Morgan fingerprint density at radius 3 is 2.30 bits per heavy atom. The predicted octanol–water partition coefficient (Wildman–Crippen LogP) is 1.13. The highest BCUT2D eigenvalue weighted by atomic mass is 32.2. The largest absolute Gasteiger partial charge is 0.338 e. The molecule has 0 bridgehead atoms. The Labute approximate surface area is 138 Å². The molecule has 0 aromatic carbocycles. The van der Waals surface area contributed by atoms with Crippen molar-refractivity contribution >= 4 is 15.9 Å². The van der Waals surface area contributed by atoms with Crippen molar-refractivity contribution in [2.75, 3.05) is 26.4 Å². The maximum atomic E-state index is 12.6. The summed E-state index contributed by atoms with van der Waals surface area (Å²) in [6.07, 6.45) is 5.90. The lowest BCUT2D eigenvalue weighted by Gasteiger charge is -2.35. The molecule has 0 radical (unpaired) electrons. The summed E-state index contributed by atoms with van der Waals surface area (Å²) in [6, 6.07) is -0.0358. The van der Waals surface area contributed by atoms with Crippen LogP contribution in [0.4, 0.5) is 0 Å². The quantitative estimate of drug-likeness (QED) is 0.825. The molecule has 1 aromatic rings. The van der Waals surface area contributed by atoms with Crippen molar-refractivity contribution in [2.45, 2.75) is 45.2 Å². The van der Waals surface area contributed by atoms with E-state index in [1.807, 2.05) is 20.8 Å². The van der Waals surface area contributed by atoms with E-state index < -0.39 is 10.0 Å². The number of carbonyl (C=O) groups is 1. The highest BCUT2D eigenvalue weighted by Crippen LogP contribution is 2.20. The summed E-state index contributed by atoms with van der Waals surface area (Å²) in [6.45, 7) is 7.20. The molecule has 1 aliphatic heterocycles. The fourth-order valence-corrected chi connectivity index (χ4v) is 3.44. The zero-order valence-electron chi connectivity index (χ0n) is 14.5. The molecular formula is C15H26N4O3S. The van der Waals surface area contributed by atoms with Gasteiger partial charge in [-0.1, -0.05) is 0 Å². The number of hydrogen-bond acceptors (Lipinski definition) is 4. The number of aromatic nitrogens is 2. The average molecular weight is 342 g/mol. The van der Waals surface area contributed by atoms with E-state index in [0.717, 1.165) is 0 Å². The number of carbonyl (C=O) groups excluding carboxylic acids is 1. The van der Waals surface area contributed by atoms with Gasteiger partial charge >= 0.3 is 0 Å². The number of amides is 1. The highest BCUT2D eigenvalue weighted by Gasteiger charge is 2.30. The van der Waals surface area contributed by atoms with Gasteiger partial charge in [0, 0.05) is 32.4 Å². The van der Waals surface area contributed by atoms with Gasteiger partial charge in [-0.05, 0) is 33.6 Å². The van der Waals surface area contributed by atoms with Gasteiger partial charge in [0.15, 0.2) is 0 Å². The van der Waals surface area contributed by atoms with Gasteiger partial charge in [-0.25, -0.2) is 12.7 Å². The van der Waals surface area contributed by atoms with Crippen LogP contribution in [0, 0.1) is 0 Å². The van der Waals surface area contributed by atoms with Gasteiger partial charge in [0.1, 0.15) is 0 Å². The Morgan fingerprint density at radius 1 is 1.30 bits per heavy atom. The van der Waals surface area contributed by atoms with E-state index in [0.29, 0.717) is 31.5 Å². The molecule has 1 fully saturated rings. The minimum Gasteiger partial charge on any atom is -0.338 e. The first kappa shape index (κ1) is 17.9. The van der Waals surface area contributed by atoms with Crippen molar-refractivity contribution in [3.63, 3.8) is 0 Å². The van der Waals surface area contributed by atoms with Crippen LogP contribution in [-0.4, -0.2) is 65.7 Å². The average Bonchev–Trinajstić information content (AvgIpc) is 2.95. The molecule has 23 heavy (non-hydrogen) atoms. The molecule has 0 saturated carbocycles. The second-order valence-electron chi connectivity index (χ2n) is 7.15. The van der Waals surface area contributed by atoms with Crippen LogP contribution in [-0.2, 0) is 15.6 Å². The normalized spacial score (nSPS) is 17.7. The lowest BCUT2D eigenvalue weighted by Crippen LogP contribution is -2.47. The molecule has 8 heteroatoms. The van der Waals surface area contributed by atoms with Gasteiger partial charge < -0.3 is 4.90 Å². The Morgan fingerprint density at radius 2 is 1.87 bits per heavy atom. The van der Waals surface area contributed by atoms with Crippen molar-refractivity contribution in [2.24, 2.45) is 0 Å². The third kappa shape index (κ3) is 4.11. The first-order valence-corrected chi connectivity index (χ1v) is 9.62. The number of hydrogen-bond donors (Lipinski definition) is 0. The number of nitrogens with zero attached hydrogens (tertiary/aromatic N) is 4. The Hall–Kier alpha value is -1.41. The standard InChI is InChI=1S/C15H26N4O3S/c1-15(2,3)19-11-12(10-16-19)14(20)18-8-6-13(7-9-18)17(4)23(5,21)22/h10-11,13H,6-9H2,1-5H3. The monoisotopic (exact) mass is 342 g/mol. The van der Waals surface area contributed by atoms with E-state index in [2.05, 4.69) is 5.10 Å². The van der Waals surface area contributed by atoms with E-state index in [1.165, 1.54) is 10.6 Å². The second-order valence-corrected chi connectivity index (χ2v) is 9.19. The maximum absolute atomic E-state index is 12.6. The molecule has 1 amide bonds. The zero-order valence-corrected chi connectivity index (χ0v) is 15.3. The fraction of sp³-hybridized carbons (Fsp3) is 0.733. The van der Waals surface area contributed by atoms with Crippen molar-refractivity contribution in [3.8, 4) is 0 Å². The van der Waals surface area contributed by atoms with Gasteiger partial charge in [-0.2, -0.15) is 5.10 Å². The molecule has 2 rings (SSSR count). The van der Waals surface area contributed by atoms with Gasteiger partial charge in [-0.3, -0.25) is 9.48 Å². The topological polar surface area (TPSA) is 75.5 Å². The molecule has 0 aliphatic carbocycles. The number of rotatable bonds is 3. The molecule has 0 atom stereocenters. The summed E-state index contributed by atoms with van der Waals surface area (Å²) in [4.78, 5) is 14.3. The van der Waals surface area contributed by atoms with E-state index in [1.54, 1.807) is 29.0 Å². The van der Waals surface area contributed by atoms with Crippen molar-refractivity contribution < 1.29 is 13.2 Å². The van der Waals surface area contributed by atoms with Crippen molar-refractivity contribution in [3.05, 3.63) is 18.0 Å². The van der Waals surface area contributed by atoms with Crippen LogP contribution in [0.2, 0.25) is 0 Å². The summed E-state index contributed by atoms with van der Waals surface area (Å²) < 4.78 is 26.4. The molecule has 7 nitrogen and oxygen atoms in total. The number of sulfonamides is 1. The summed E-state index contributed by atoms with van der Waals surface area (Å²) in [5.41, 5.74) is 0.416. The van der Waals surface area contributed by atoms with Crippen LogP contribution in [0.5, 0.6) is 0 Å². The summed E-state index contributed by atoms with van der Waals surface area (Å²) in [7, 11) is -1.59.